The summed E-state index contributed by atoms with van der Waals surface area (Å²) in [5.41, 5.74) is 1.12. The number of rotatable bonds is 7. The Bertz CT molecular complexity index is 395. The minimum atomic E-state index is -0.729. The van der Waals surface area contributed by atoms with Crippen LogP contribution in [0, 0.1) is 0 Å². The first-order valence-corrected chi connectivity index (χ1v) is 6.00. The molecule has 0 atom stereocenters. The molecule has 98 valence electrons. The Hall–Kier alpha value is -1.84. The number of Topliss-reactive ketones (excluding diaryl/α,β-unsaturated/α-hetero) is 1. The standard InChI is InChI=1S/C14H18O4/c1-3-18-14(16)13(15)6-4-5-11-7-9-12(17-2)10-8-11/h7-10H,3-6H2,1-2H3. The molecule has 18 heavy (non-hydrogen) atoms. The smallest absolute Gasteiger partial charge is 0.374 e. The first-order valence-electron chi connectivity index (χ1n) is 6.00. The third-order valence-electron chi connectivity index (χ3n) is 2.53. The predicted molar refractivity (Wildman–Crippen MR) is 67.6 cm³/mol. The molecule has 0 saturated carbocycles. The number of hydrogen-bond acceptors (Lipinski definition) is 4. The highest BCUT2D eigenvalue weighted by atomic mass is 16.5. The van der Waals surface area contributed by atoms with Gasteiger partial charge in [0.25, 0.3) is 0 Å². The highest BCUT2D eigenvalue weighted by molar-refractivity contribution is 6.33. The molecular weight excluding hydrogens is 232 g/mol. The third kappa shape index (κ3) is 4.57. The number of carbonyl (C=O) groups excluding carboxylic acids is 2. The van der Waals surface area contributed by atoms with Crippen LogP contribution in [0.5, 0.6) is 5.75 Å². The Morgan fingerprint density at radius 2 is 1.83 bits per heavy atom. The fourth-order valence-electron chi connectivity index (χ4n) is 1.56. The summed E-state index contributed by atoms with van der Waals surface area (Å²) in [5, 5.41) is 0. The summed E-state index contributed by atoms with van der Waals surface area (Å²) < 4.78 is 9.69. The molecule has 1 aromatic carbocycles. The van der Waals surface area contributed by atoms with Crippen molar-refractivity contribution in [1.82, 2.24) is 0 Å². The van der Waals surface area contributed by atoms with Crippen LogP contribution in [0.3, 0.4) is 0 Å². The van der Waals surface area contributed by atoms with E-state index in [9.17, 15) is 9.59 Å². The van der Waals surface area contributed by atoms with E-state index in [1.54, 1.807) is 14.0 Å². The van der Waals surface area contributed by atoms with Crippen molar-refractivity contribution in [1.29, 1.82) is 0 Å². The molecule has 0 N–H and O–H groups in total. The van der Waals surface area contributed by atoms with E-state index in [4.69, 9.17) is 4.74 Å². The minimum absolute atomic E-state index is 0.227. The second-order valence-electron chi connectivity index (χ2n) is 3.85. The number of methoxy groups -OCH3 is 1. The van der Waals surface area contributed by atoms with Gasteiger partial charge in [0, 0.05) is 6.42 Å². The van der Waals surface area contributed by atoms with E-state index in [0.717, 1.165) is 17.7 Å². The van der Waals surface area contributed by atoms with Gasteiger partial charge in [-0.15, -0.1) is 0 Å². The Balaban J connectivity index is 2.32. The van der Waals surface area contributed by atoms with Gasteiger partial charge in [0.05, 0.1) is 13.7 Å². The third-order valence-corrected chi connectivity index (χ3v) is 2.53. The van der Waals surface area contributed by atoms with Crippen LogP contribution in [-0.4, -0.2) is 25.5 Å². The zero-order valence-corrected chi connectivity index (χ0v) is 10.8. The van der Waals surface area contributed by atoms with E-state index in [1.165, 1.54) is 0 Å². The second kappa shape index (κ2) is 7.48. The van der Waals surface area contributed by atoms with Gasteiger partial charge in [0.2, 0.25) is 5.78 Å². The fourth-order valence-corrected chi connectivity index (χ4v) is 1.56. The number of ether oxygens (including phenoxy) is 2. The molecule has 0 amide bonds. The van der Waals surface area contributed by atoms with Crippen molar-refractivity contribution in [2.75, 3.05) is 13.7 Å². The molecule has 0 aromatic heterocycles. The molecule has 0 aliphatic carbocycles. The average Bonchev–Trinajstić information content (AvgIpc) is 2.39. The summed E-state index contributed by atoms with van der Waals surface area (Å²) in [6, 6.07) is 7.66. The van der Waals surface area contributed by atoms with Crippen LogP contribution in [0.25, 0.3) is 0 Å². The lowest BCUT2D eigenvalue weighted by atomic mass is 10.1. The Labute approximate surface area is 107 Å². The molecular formula is C14H18O4. The number of carbonyl (C=O) groups is 2. The fraction of sp³-hybridized carbons (Fsp3) is 0.429. The summed E-state index contributed by atoms with van der Waals surface area (Å²) >= 11 is 0. The van der Waals surface area contributed by atoms with E-state index in [0.29, 0.717) is 6.42 Å². The monoisotopic (exact) mass is 250 g/mol. The van der Waals surface area contributed by atoms with Crippen LogP contribution >= 0.6 is 0 Å². The number of esters is 1. The Morgan fingerprint density at radius 1 is 1.17 bits per heavy atom. The second-order valence-corrected chi connectivity index (χ2v) is 3.85. The summed E-state index contributed by atoms with van der Waals surface area (Å²) in [6.07, 6.45) is 1.63. The SMILES string of the molecule is CCOC(=O)C(=O)CCCc1ccc(OC)cc1. The summed E-state index contributed by atoms with van der Waals surface area (Å²) in [5.74, 6) is -0.376. The van der Waals surface area contributed by atoms with E-state index >= 15 is 0 Å². The molecule has 0 unspecified atom stereocenters. The first kappa shape index (κ1) is 14.2. The van der Waals surface area contributed by atoms with E-state index in [2.05, 4.69) is 4.74 Å². The molecule has 0 saturated heterocycles. The highest BCUT2D eigenvalue weighted by Gasteiger charge is 2.13. The van der Waals surface area contributed by atoms with E-state index in [1.807, 2.05) is 24.3 Å². The predicted octanol–water partition coefficient (Wildman–Crippen LogP) is 2.15. The molecule has 0 spiro atoms. The molecule has 0 bridgehead atoms. The first-order chi connectivity index (χ1) is 8.67. The number of ketones is 1. The van der Waals surface area contributed by atoms with Gasteiger partial charge < -0.3 is 9.47 Å². The average molecular weight is 250 g/mol. The van der Waals surface area contributed by atoms with Crippen LogP contribution in [0.4, 0.5) is 0 Å². The molecule has 4 nitrogen and oxygen atoms in total. The number of benzene rings is 1. The Morgan fingerprint density at radius 3 is 2.39 bits per heavy atom. The largest absolute Gasteiger partial charge is 0.497 e. The maximum atomic E-state index is 11.3. The van der Waals surface area contributed by atoms with Crippen LogP contribution in [0.15, 0.2) is 24.3 Å². The van der Waals surface area contributed by atoms with Crippen molar-refractivity contribution in [2.45, 2.75) is 26.2 Å². The van der Waals surface area contributed by atoms with Gasteiger partial charge in [0.1, 0.15) is 5.75 Å². The summed E-state index contributed by atoms with van der Waals surface area (Å²) in [6.45, 7) is 1.92. The van der Waals surface area contributed by atoms with Crippen molar-refractivity contribution in [3.63, 3.8) is 0 Å². The maximum absolute atomic E-state index is 11.3. The van der Waals surface area contributed by atoms with Gasteiger partial charge in [-0.05, 0) is 37.5 Å². The topological polar surface area (TPSA) is 52.6 Å². The van der Waals surface area contributed by atoms with Crippen molar-refractivity contribution < 1.29 is 19.1 Å². The highest BCUT2D eigenvalue weighted by Crippen LogP contribution is 2.13. The molecule has 1 aromatic rings. The number of aryl methyl sites for hydroxylation is 1. The molecule has 4 heteroatoms. The van der Waals surface area contributed by atoms with Crippen LogP contribution in [0.2, 0.25) is 0 Å². The van der Waals surface area contributed by atoms with Gasteiger partial charge >= 0.3 is 5.97 Å². The van der Waals surface area contributed by atoms with Crippen molar-refractivity contribution in [2.24, 2.45) is 0 Å². The summed E-state index contributed by atoms with van der Waals surface area (Å²) in [4.78, 5) is 22.4. The molecule has 0 radical (unpaired) electrons. The normalized spacial score (nSPS) is 9.89. The van der Waals surface area contributed by atoms with Gasteiger partial charge in [-0.3, -0.25) is 4.79 Å². The quantitative estimate of drug-likeness (QED) is 0.549. The zero-order valence-electron chi connectivity index (χ0n) is 10.8. The van der Waals surface area contributed by atoms with Gasteiger partial charge in [-0.1, -0.05) is 12.1 Å². The van der Waals surface area contributed by atoms with Crippen LogP contribution in [-0.2, 0) is 20.7 Å². The molecule has 1 rings (SSSR count). The van der Waals surface area contributed by atoms with Gasteiger partial charge in [-0.2, -0.15) is 0 Å². The lowest BCUT2D eigenvalue weighted by Gasteiger charge is -2.03. The molecule has 0 heterocycles. The molecule has 0 aliphatic rings. The van der Waals surface area contributed by atoms with Crippen LogP contribution < -0.4 is 4.74 Å². The maximum Gasteiger partial charge on any atom is 0.374 e. The molecule has 0 fully saturated rings. The minimum Gasteiger partial charge on any atom is -0.497 e. The number of hydrogen-bond donors (Lipinski definition) is 0. The molecule has 0 aliphatic heterocycles. The lowest BCUT2D eigenvalue weighted by molar-refractivity contribution is -0.153. The lowest BCUT2D eigenvalue weighted by Crippen LogP contribution is -2.17. The zero-order chi connectivity index (χ0) is 13.4. The van der Waals surface area contributed by atoms with Crippen LogP contribution in [0.1, 0.15) is 25.3 Å². The van der Waals surface area contributed by atoms with Gasteiger partial charge in [0.15, 0.2) is 0 Å². The van der Waals surface area contributed by atoms with E-state index < -0.39 is 11.8 Å². The van der Waals surface area contributed by atoms with Crippen molar-refractivity contribution in [3.05, 3.63) is 29.8 Å². The van der Waals surface area contributed by atoms with Gasteiger partial charge in [-0.25, -0.2) is 4.79 Å². The van der Waals surface area contributed by atoms with Crippen molar-refractivity contribution >= 4 is 11.8 Å². The Kier molecular flexibility index (Phi) is 5.91. The summed E-state index contributed by atoms with van der Waals surface area (Å²) in [7, 11) is 1.62. The van der Waals surface area contributed by atoms with Crippen molar-refractivity contribution in [3.8, 4) is 5.75 Å². The van der Waals surface area contributed by atoms with E-state index in [-0.39, 0.29) is 13.0 Å².